The molecule has 25 heavy (non-hydrogen) atoms. The number of aliphatic hydroxyl groups is 1. The SMILES string of the molecule is C[C@H]1O[C@@H](n2ccc(NC(=O)Cc3ccccc3)nc2=O)CC[C@@H]1O. The number of carbonyl (C=O) groups is 1. The number of anilines is 1. The highest BCUT2D eigenvalue weighted by molar-refractivity contribution is 5.91. The lowest BCUT2D eigenvalue weighted by Crippen LogP contribution is -2.39. The van der Waals surface area contributed by atoms with Crippen molar-refractivity contribution in [3.8, 4) is 0 Å². The topological polar surface area (TPSA) is 93.5 Å². The molecule has 1 fully saturated rings. The number of nitrogens with one attached hydrogen (secondary N) is 1. The number of nitrogens with zero attached hydrogens (tertiary/aromatic N) is 2. The molecule has 132 valence electrons. The Morgan fingerprint density at radius 1 is 1.32 bits per heavy atom. The third kappa shape index (κ3) is 4.32. The largest absolute Gasteiger partial charge is 0.390 e. The van der Waals surface area contributed by atoms with Gasteiger partial charge in [0.25, 0.3) is 0 Å². The van der Waals surface area contributed by atoms with Crippen LogP contribution in [0.1, 0.15) is 31.6 Å². The van der Waals surface area contributed by atoms with Gasteiger partial charge in [0.2, 0.25) is 5.91 Å². The molecule has 0 bridgehead atoms. The summed E-state index contributed by atoms with van der Waals surface area (Å²) in [7, 11) is 0. The first-order chi connectivity index (χ1) is 12.0. The normalized spacial score (nSPS) is 23.2. The van der Waals surface area contributed by atoms with E-state index in [0.29, 0.717) is 12.8 Å². The number of benzene rings is 1. The van der Waals surface area contributed by atoms with Gasteiger partial charge in [-0.05, 0) is 31.4 Å². The quantitative estimate of drug-likeness (QED) is 0.877. The second-order valence-corrected chi connectivity index (χ2v) is 6.15. The average molecular weight is 343 g/mol. The zero-order valence-electron chi connectivity index (χ0n) is 14.0. The van der Waals surface area contributed by atoms with Crippen LogP contribution >= 0.6 is 0 Å². The van der Waals surface area contributed by atoms with Gasteiger partial charge in [-0.2, -0.15) is 4.98 Å². The first-order valence-electron chi connectivity index (χ1n) is 8.29. The van der Waals surface area contributed by atoms with Gasteiger partial charge in [-0.3, -0.25) is 9.36 Å². The Kier molecular flexibility index (Phi) is 5.25. The second-order valence-electron chi connectivity index (χ2n) is 6.15. The Morgan fingerprint density at radius 3 is 2.76 bits per heavy atom. The molecule has 3 rings (SSSR count). The fraction of sp³-hybridized carbons (Fsp3) is 0.389. The number of ether oxygens (including phenoxy) is 1. The van der Waals surface area contributed by atoms with Gasteiger partial charge in [-0.15, -0.1) is 0 Å². The molecule has 1 saturated heterocycles. The zero-order chi connectivity index (χ0) is 17.8. The Labute approximate surface area is 145 Å². The van der Waals surface area contributed by atoms with Crippen LogP contribution in [0.5, 0.6) is 0 Å². The highest BCUT2D eigenvalue weighted by Crippen LogP contribution is 2.25. The van der Waals surface area contributed by atoms with Crippen molar-refractivity contribution in [2.75, 3.05) is 5.32 Å². The third-order valence-corrected chi connectivity index (χ3v) is 4.24. The molecule has 1 aliphatic rings. The van der Waals surface area contributed by atoms with Crippen LogP contribution in [-0.2, 0) is 16.0 Å². The van der Waals surface area contributed by atoms with Gasteiger partial charge in [-0.1, -0.05) is 30.3 Å². The van der Waals surface area contributed by atoms with Crippen molar-refractivity contribution in [3.05, 3.63) is 58.6 Å². The summed E-state index contributed by atoms with van der Waals surface area (Å²) < 4.78 is 7.04. The highest BCUT2D eigenvalue weighted by Gasteiger charge is 2.28. The van der Waals surface area contributed by atoms with Crippen molar-refractivity contribution < 1.29 is 14.6 Å². The molecule has 2 aromatic rings. The van der Waals surface area contributed by atoms with Gasteiger partial charge >= 0.3 is 5.69 Å². The minimum atomic E-state index is -0.517. The molecule has 0 radical (unpaired) electrons. The van der Waals surface area contributed by atoms with Gasteiger partial charge < -0.3 is 15.2 Å². The van der Waals surface area contributed by atoms with E-state index in [-0.39, 0.29) is 24.2 Å². The first-order valence-corrected chi connectivity index (χ1v) is 8.29. The molecule has 0 spiro atoms. The van der Waals surface area contributed by atoms with Crippen molar-refractivity contribution >= 4 is 11.7 Å². The molecular formula is C18H21N3O4. The van der Waals surface area contributed by atoms with Crippen LogP contribution in [0, 0.1) is 0 Å². The Bertz CT molecular complexity index is 790. The van der Waals surface area contributed by atoms with Crippen molar-refractivity contribution in [1.29, 1.82) is 0 Å². The van der Waals surface area contributed by atoms with Gasteiger partial charge in [0.05, 0.1) is 18.6 Å². The molecule has 2 heterocycles. The van der Waals surface area contributed by atoms with E-state index in [9.17, 15) is 14.7 Å². The lowest BCUT2D eigenvalue weighted by atomic mass is 10.1. The van der Waals surface area contributed by atoms with Crippen LogP contribution in [0.3, 0.4) is 0 Å². The van der Waals surface area contributed by atoms with E-state index in [1.165, 1.54) is 4.57 Å². The molecule has 0 saturated carbocycles. The summed E-state index contributed by atoms with van der Waals surface area (Å²) >= 11 is 0. The van der Waals surface area contributed by atoms with E-state index in [2.05, 4.69) is 10.3 Å². The summed E-state index contributed by atoms with van der Waals surface area (Å²) in [5, 5.41) is 12.3. The van der Waals surface area contributed by atoms with Crippen molar-refractivity contribution in [1.82, 2.24) is 9.55 Å². The standard InChI is InChI=1S/C18H21N3O4/c1-12-14(22)7-8-17(25-12)21-10-9-15(20-18(21)24)19-16(23)11-13-5-3-2-4-6-13/h2-6,9-10,12,14,17,22H,7-8,11H2,1H3,(H,19,20,23,24)/t12-,14+,17-/m1/s1. The molecule has 1 aromatic carbocycles. The van der Waals surface area contributed by atoms with Crippen molar-refractivity contribution in [3.63, 3.8) is 0 Å². The molecule has 1 aromatic heterocycles. The Hall–Kier alpha value is -2.51. The third-order valence-electron chi connectivity index (χ3n) is 4.24. The maximum absolute atomic E-state index is 12.2. The van der Waals surface area contributed by atoms with E-state index in [0.717, 1.165) is 5.56 Å². The molecule has 1 aliphatic heterocycles. The number of amides is 1. The van der Waals surface area contributed by atoms with E-state index >= 15 is 0 Å². The summed E-state index contributed by atoms with van der Waals surface area (Å²) in [5.41, 5.74) is 0.391. The van der Waals surface area contributed by atoms with Crippen molar-refractivity contribution in [2.24, 2.45) is 0 Å². The average Bonchev–Trinajstić information content (AvgIpc) is 2.58. The Morgan fingerprint density at radius 2 is 2.08 bits per heavy atom. The minimum absolute atomic E-state index is 0.214. The lowest BCUT2D eigenvalue weighted by Gasteiger charge is -2.32. The van der Waals surface area contributed by atoms with Gasteiger partial charge in [0.15, 0.2) is 0 Å². The van der Waals surface area contributed by atoms with E-state index in [1.54, 1.807) is 19.2 Å². The highest BCUT2D eigenvalue weighted by atomic mass is 16.5. The van der Waals surface area contributed by atoms with Crippen LogP contribution in [0.25, 0.3) is 0 Å². The predicted molar refractivity (Wildman–Crippen MR) is 92.1 cm³/mol. The van der Waals surface area contributed by atoms with Crippen molar-refractivity contribution in [2.45, 2.75) is 44.6 Å². The maximum atomic E-state index is 12.2. The molecular weight excluding hydrogens is 322 g/mol. The van der Waals surface area contributed by atoms with E-state index in [1.807, 2.05) is 30.3 Å². The molecule has 0 unspecified atom stereocenters. The van der Waals surface area contributed by atoms with E-state index in [4.69, 9.17) is 4.74 Å². The molecule has 0 aliphatic carbocycles. The van der Waals surface area contributed by atoms with Crippen LogP contribution in [0.4, 0.5) is 5.82 Å². The predicted octanol–water partition coefficient (Wildman–Crippen LogP) is 1.48. The van der Waals surface area contributed by atoms with Crippen LogP contribution in [0.15, 0.2) is 47.4 Å². The smallest absolute Gasteiger partial charge is 0.351 e. The molecule has 2 N–H and O–H groups in total. The second kappa shape index (κ2) is 7.58. The monoisotopic (exact) mass is 343 g/mol. The van der Waals surface area contributed by atoms with Crippen LogP contribution in [-0.4, -0.2) is 32.8 Å². The maximum Gasteiger partial charge on any atom is 0.351 e. The number of aromatic nitrogens is 2. The van der Waals surface area contributed by atoms with Gasteiger partial charge in [0.1, 0.15) is 12.0 Å². The number of hydrogen-bond acceptors (Lipinski definition) is 5. The summed E-state index contributed by atoms with van der Waals surface area (Å²) in [6.07, 6.45) is 1.57. The Balaban J connectivity index is 1.66. The zero-order valence-corrected chi connectivity index (χ0v) is 14.0. The number of hydrogen-bond donors (Lipinski definition) is 2. The summed E-state index contributed by atoms with van der Waals surface area (Å²) in [6.45, 7) is 1.77. The molecule has 7 nitrogen and oxygen atoms in total. The summed E-state index contributed by atoms with van der Waals surface area (Å²) in [6, 6.07) is 10.9. The van der Waals surface area contributed by atoms with E-state index < -0.39 is 18.0 Å². The number of carbonyl (C=O) groups excluding carboxylic acids is 1. The molecule has 7 heteroatoms. The fourth-order valence-electron chi connectivity index (χ4n) is 2.83. The van der Waals surface area contributed by atoms with Gasteiger partial charge in [0, 0.05) is 6.20 Å². The minimum Gasteiger partial charge on any atom is -0.390 e. The number of rotatable bonds is 4. The first kappa shape index (κ1) is 17.3. The fourth-order valence-corrected chi connectivity index (χ4v) is 2.83. The molecule has 3 atom stereocenters. The summed E-state index contributed by atoms with van der Waals surface area (Å²) in [4.78, 5) is 28.2. The number of aliphatic hydroxyl groups excluding tert-OH is 1. The summed E-state index contributed by atoms with van der Waals surface area (Å²) in [5.74, 6) is -0.0208. The van der Waals surface area contributed by atoms with Crippen LogP contribution in [0.2, 0.25) is 0 Å². The molecule has 1 amide bonds. The lowest BCUT2D eigenvalue weighted by molar-refractivity contribution is -0.139. The van der Waals surface area contributed by atoms with Crippen LogP contribution < -0.4 is 11.0 Å². The van der Waals surface area contributed by atoms with Gasteiger partial charge in [-0.25, -0.2) is 4.79 Å².